The van der Waals surface area contributed by atoms with E-state index in [1.54, 1.807) is 11.3 Å². The summed E-state index contributed by atoms with van der Waals surface area (Å²) in [6.45, 7) is 1.99. The molecule has 0 saturated carbocycles. The highest BCUT2D eigenvalue weighted by atomic mass is 32.1. The molecule has 0 N–H and O–H groups in total. The zero-order valence-electron chi connectivity index (χ0n) is 8.19. The molecule has 0 amide bonds. The zero-order valence-corrected chi connectivity index (χ0v) is 10.2. The van der Waals surface area contributed by atoms with Gasteiger partial charge in [0.05, 0.1) is 0 Å². The Labute approximate surface area is 99.4 Å². The summed E-state index contributed by atoms with van der Waals surface area (Å²) in [7, 11) is 0. The summed E-state index contributed by atoms with van der Waals surface area (Å²) in [5.74, 6) is 0. The van der Waals surface area contributed by atoms with Crippen LogP contribution in [0.3, 0.4) is 0 Å². The van der Waals surface area contributed by atoms with Crippen molar-refractivity contribution in [2.24, 2.45) is 0 Å². The molecule has 2 heterocycles. The van der Waals surface area contributed by atoms with Gasteiger partial charge in [-0.1, -0.05) is 18.2 Å². The quantitative estimate of drug-likeness (QED) is 0.547. The van der Waals surface area contributed by atoms with Crippen molar-refractivity contribution in [2.45, 2.75) is 6.92 Å². The van der Waals surface area contributed by atoms with Crippen LogP contribution in [0.1, 0.15) is 5.69 Å². The first-order valence-electron chi connectivity index (χ1n) is 4.67. The molecule has 1 aromatic carbocycles. The normalized spacial score (nSPS) is 11.3. The van der Waals surface area contributed by atoms with Crippen LogP contribution in [0.25, 0.3) is 20.4 Å². The Morgan fingerprint density at radius 1 is 1.20 bits per heavy atom. The summed E-state index contributed by atoms with van der Waals surface area (Å²) in [4.78, 5) is 10.1. The van der Waals surface area contributed by atoms with Gasteiger partial charge in [-0.25, -0.2) is 4.98 Å². The Hall–Kier alpha value is -0.948. The number of aryl methyl sites for hydroxylation is 1. The predicted molar refractivity (Wildman–Crippen MR) is 65.0 cm³/mol. The highest BCUT2D eigenvalue weighted by molar-refractivity contribution is 7.25. The van der Waals surface area contributed by atoms with Gasteiger partial charge >= 0.3 is 0 Å². The third-order valence-electron chi connectivity index (χ3n) is 2.42. The lowest BCUT2D eigenvalue weighted by atomic mass is 10.2. The van der Waals surface area contributed by atoms with Crippen LogP contribution in [-0.4, -0.2) is 26.3 Å². The smallest absolute Gasteiger partial charge is 0.213 e. The number of nitrogens with zero attached hydrogens (tertiary/aromatic N) is 2. The van der Waals surface area contributed by atoms with Gasteiger partial charge in [0, 0.05) is 15.8 Å². The van der Waals surface area contributed by atoms with E-state index in [2.05, 4.69) is 38.4 Å². The van der Waals surface area contributed by atoms with E-state index < -0.39 is 0 Å². The van der Waals surface area contributed by atoms with E-state index >= 15 is 0 Å². The fourth-order valence-corrected chi connectivity index (χ4v) is 2.93. The van der Waals surface area contributed by atoms with Crippen molar-refractivity contribution < 1.29 is 0 Å². The van der Waals surface area contributed by atoms with E-state index in [9.17, 15) is 0 Å². The second-order valence-electron chi connectivity index (χ2n) is 3.45. The maximum absolute atomic E-state index is 4.59. The van der Waals surface area contributed by atoms with Gasteiger partial charge in [-0.15, -0.1) is 11.3 Å². The number of aromatic nitrogens is 2. The van der Waals surface area contributed by atoms with Crippen LogP contribution >= 0.6 is 11.3 Å². The van der Waals surface area contributed by atoms with E-state index in [1.807, 2.05) is 19.1 Å². The molecule has 2 nitrogen and oxygen atoms in total. The molecular formula is C11H7AlN2S. The summed E-state index contributed by atoms with van der Waals surface area (Å²) in [5.41, 5.74) is 2.01. The van der Waals surface area contributed by atoms with Crippen LogP contribution in [0.2, 0.25) is 0 Å². The number of hydrogen-bond donors (Lipinski definition) is 0. The lowest BCUT2D eigenvalue weighted by Gasteiger charge is -1.98. The second kappa shape index (κ2) is 3.28. The van der Waals surface area contributed by atoms with Gasteiger partial charge in [0.1, 0.15) is 10.3 Å². The molecule has 2 aromatic heterocycles. The van der Waals surface area contributed by atoms with Crippen molar-refractivity contribution >= 4 is 52.6 Å². The number of benzene rings is 1. The Balaban J connectivity index is 2.56. The van der Waals surface area contributed by atoms with E-state index in [4.69, 9.17) is 0 Å². The fraction of sp³-hybridized carbons (Fsp3) is 0.0909. The van der Waals surface area contributed by atoms with Gasteiger partial charge < -0.3 is 0 Å². The largest absolute Gasteiger partial charge is 0.260 e. The first kappa shape index (κ1) is 9.29. The van der Waals surface area contributed by atoms with E-state index in [1.165, 1.54) is 10.1 Å². The predicted octanol–water partition coefficient (Wildman–Crippen LogP) is 1.95. The van der Waals surface area contributed by atoms with Crippen molar-refractivity contribution in [1.29, 1.82) is 0 Å². The summed E-state index contributed by atoms with van der Waals surface area (Å²) < 4.78 is 2.19. The van der Waals surface area contributed by atoms with Gasteiger partial charge in [-0.2, -0.15) is 0 Å². The Morgan fingerprint density at radius 3 is 2.87 bits per heavy atom. The van der Waals surface area contributed by atoms with Crippen LogP contribution in [-0.2, 0) is 0 Å². The highest BCUT2D eigenvalue weighted by Crippen LogP contribution is 2.30. The molecule has 0 aliphatic rings. The lowest BCUT2D eigenvalue weighted by Crippen LogP contribution is -2.13. The molecule has 0 bridgehead atoms. The van der Waals surface area contributed by atoms with Crippen LogP contribution in [0.4, 0.5) is 0 Å². The van der Waals surface area contributed by atoms with Gasteiger partial charge in [-0.3, -0.25) is 4.98 Å². The van der Waals surface area contributed by atoms with Crippen LogP contribution < -0.4 is 4.56 Å². The average molecular weight is 226 g/mol. The van der Waals surface area contributed by atoms with Gasteiger partial charge in [0.25, 0.3) is 0 Å². The third-order valence-corrected chi connectivity index (χ3v) is 4.02. The first-order valence-corrected chi connectivity index (χ1v) is 6.06. The zero-order chi connectivity index (χ0) is 10.4. The molecule has 3 aromatic rings. The van der Waals surface area contributed by atoms with Crippen molar-refractivity contribution in [3.63, 3.8) is 0 Å². The molecule has 0 aliphatic carbocycles. The number of thiophene rings is 1. The van der Waals surface area contributed by atoms with Crippen LogP contribution in [0.5, 0.6) is 0 Å². The van der Waals surface area contributed by atoms with E-state index in [0.717, 1.165) is 20.6 Å². The summed E-state index contributed by atoms with van der Waals surface area (Å²) in [6.07, 6.45) is 0. The molecule has 0 atom stereocenters. The molecular weight excluding hydrogens is 219 g/mol. The van der Waals surface area contributed by atoms with Crippen LogP contribution in [0, 0.1) is 6.92 Å². The monoisotopic (exact) mass is 226 g/mol. The first-order chi connectivity index (χ1) is 7.25. The molecule has 0 unspecified atom stereocenters. The Kier molecular flexibility index (Phi) is 2.03. The fourth-order valence-electron chi connectivity index (χ4n) is 1.62. The lowest BCUT2D eigenvalue weighted by molar-refractivity contribution is 1.24. The third kappa shape index (κ3) is 1.38. The van der Waals surface area contributed by atoms with Crippen molar-refractivity contribution in [3.05, 3.63) is 30.0 Å². The summed E-state index contributed by atoms with van der Waals surface area (Å²) >= 11 is 4.33. The van der Waals surface area contributed by atoms with Crippen molar-refractivity contribution in [1.82, 2.24) is 9.97 Å². The van der Waals surface area contributed by atoms with Crippen LogP contribution in [0.15, 0.2) is 24.3 Å². The molecule has 0 fully saturated rings. The minimum Gasteiger partial charge on any atom is -0.260 e. The van der Waals surface area contributed by atoms with Crippen molar-refractivity contribution in [2.75, 3.05) is 0 Å². The SMILES string of the molecule is Cc1nc2c(n[c]1[Al])sc1ccccc12. The minimum atomic E-state index is 0.939. The molecule has 0 spiro atoms. The molecule has 3 rings (SSSR count). The maximum atomic E-state index is 4.59. The van der Waals surface area contributed by atoms with Gasteiger partial charge in [0.2, 0.25) is 16.3 Å². The average Bonchev–Trinajstić information content (AvgIpc) is 2.57. The summed E-state index contributed by atoms with van der Waals surface area (Å²) in [6, 6.07) is 8.30. The number of fused-ring (bicyclic) bond motifs is 3. The molecule has 0 aliphatic heterocycles. The minimum absolute atomic E-state index is 0.939. The number of hydrogen-bond acceptors (Lipinski definition) is 3. The molecule has 0 saturated heterocycles. The van der Waals surface area contributed by atoms with E-state index in [0.29, 0.717) is 0 Å². The standard InChI is InChI=1S/C11H7N2S.Al/c1-7-6-12-11-10(13-7)8-4-2-3-5-9(8)14-11;/h2-5H,1H3;. The van der Waals surface area contributed by atoms with Crippen molar-refractivity contribution in [3.8, 4) is 0 Å². The molecule has 4 heteroatoms. The van der Waals surface area contributed by atoms with Gasteiger partial charge in [0.15, 0.2) is 0 Å². The molecule has 2 radical (unpaired) electrons. The second-order valence-corrected chi connectivity index (χ2v) is 5.02. The maximum Gasteiger partial charge on any atom is 0.213 e. The topological polar surface area (TPSA) is 25.8 Å². The van der Waals surface area contributed by atoms with E-state index in [-0.39, 0.29) is 0 Å². The van der Waals surface area contributed by atoms with Gasteiger partial charge in [-0.05, 0) is 17.5 Å². The Bertz CT molecular complexity index is 660. The molecule has 15 heavy (non-hydrogen) atoms. The molecule has 70 valence electrons. The highest BCUT2D eigenvalue weighted by Gasteiger charge is 2.07. The summed E-state index contributed by atoms with van der Waals surface area (Å²) in [5, 5.41) is 1.21. The number of rotatable bonds is 0. The Morgan fingerprint density at radius 2 is 2.00 bits per heavy atom.